The molecule has 1 fully saturated rings. The van der Waals surface area contributed by atoms with Crippen LogP contribution in [-0.4, -0.2) is 38.3 Å². The van der Waals surface area contributed by atoms with Crippen LogP contribution in [0.4, 0.5) is 5.95 Å². The molecule has 4 aromatic rings. The minimum absolute atomic E-state index is 0.506. The lowest BCUT2D eigenvalue weighted by atomic mass is 10.0. The lowest BCUT2D eigenvalue weighted by Crippen LogP contribution is -2.32. The van der Waals surface area contributed by atoms with Crippen LogP contribution in [0.5, 0.6) is 5.88 Å². The van der Waals surface area contributed by atoms with Gasteiger partial charge in [-0.2, -0.15) is 5.10 Å². The third kappa shape index (κ3) is 3.49. The van der Waals surface area contributed by atoms with Crippen LogP contribution in [0.1, 0.15) is 29.2 Å². The van der Waals surface area contributed by atoms with Crippen molar-refractivity contribution in [2.24, 2.45) is 5.92 Å². The fourth-order valence-electron chi connectivity index (χ4n) is 4.43. The number of nitrogens with zero attached hydrogens (tertiary/aromatic N) is 5. The van der Waals surface area contributed by atoms with Crippen LogP contribution < -0.4 is 9.64 Å². The Balaban J connectivity index is 1.21. The van der Waals surface area contributed by atoms with E-state index in [4.69, 9.17) is 21.3 Å². The molecule has 1 aliphatic heterocycles. The molecule has 0 amide bonds. The molecule has 2 aliphatic rings. The number of hydrogen-bond acceptors (Lipinski definition) is 6. The van der Waals surface area contributed by atoms with Gasteiger partial charge in [-0.3, -0.25) is 5.10 Å². The summed E-state index contributed by atoms with van der Waals surface area (Å²) in [4.78, 5) is 15.8. The number of benzene rings is 1. The van der Waals surface area contributed by atoms with Crippen molar-refractivity contribution in [2.45, 2.75) is 25.3 Å². The number of H-pyrrole nitrogens is 1. The third-order valence-corrected chi connectivity index (χ3v) is 6.47. The van der Waals surface area contributed by atoms with Gasteiger partial charge in [0.05, 0.1) is 29.4 Å². The van der Waals surface area contributed by atoms with Gasteiger partial charge >= 0.3 is 0 Å². The molecular formula is C23H21ClN6O. The lowest BCUT2D eigenvalue weighted by molar-refractivity contribution is 0.288. The maximum absolute atomic E-state index is 6.22. The molecule has 156 valence electrons. The summed E-state index contributed by atoms with van der Waals surface area (Å²) in [6.45, 7) is 2.18. The van der Waals surface area contributed by atoms with Crippen LogP contribution in [0.2, 0.25) is 5.02 Å². The summed E-state index contributed by atoms with van der Waals surface area (Å²) in [6.07, 6.45) is 7.30. The number of fused-ring (bicyclic) bond motifs is 3. The van der Waals surface area contributed by atoms with Crippen LogP contribution in [0.25, 0.3) is 10.9 Å². The minimum atomic E-state index is 0.506. The number of nitrogens with one attached hydrogen (secondary N) is 1. The predicted molar refractivity (Wildman–Crippen MR) is 118 cm³/mol. The first-order valence-electron chi connectivity index (χ1n) is 10.5. The molecule has 31 heavy (non-hydrogen) atoms. The lowest BCUT2D eigenvalue weighted by Gasteiger charge is -2.28. The van der Waals surface area contributed by atoms with Gasteiger partial charge in [0.1, 0.15) is 0 Å². The van der Waals surface area contributed by atoms with E-state index in [1.807, 2.05) is 18.2 Å². The number of pyridine rings is 1. The molecular weight excluding hydrogens is 412 g/mol. The number of ether oxygens (including phenoxy) is 1. The highest BCUT2D eigenvalue weighted by Crippen LogP contribution is 2.48. The smallest absolute Gasteiger partial charge is 0.225 e. The summed E-state index contributed by atoms with van der Waals surface area (Å²) in [5.41, 5.74) is 4.52. The van der Waals surface area contributed by atoms with E-state index in [0.717, 1.165) is 52.5 Å². The Kier molecular flexibility index (Phi) is 4.49. The van der Waals surface area contributed by atoms with Crippen molar-refractivity contribution in [1.82, 2.24) is 25.1 Å². The zero-order valence-corrected chi connectivity index (χ0v) is 17.6. The van der Waals surface area contributed by atoms with Crippen LogP contribution in [0.15, 0.2) is 48.9 Å². The summed E-state index contributed by atoms with van der Waals surface area (Å²) in [5, 5.41) is 9.13. The van der Waals surface area contributed by atoms with E-state index in [-0.39, 0.29) is 0 Å². The van der Waals surface area contributed by atoms with Crippen molar-refractivity contribution < 1.29 is 4.74 Å². The van der Waals surface area contributed by atoms with Crippen molar-refractivity contribution in [3.8, 4) is 5.88 Å². The highest BCUT2D eigenvalue weighted by molar-refractivity contribution is 6.30. The first-order chi connectivity index (χ1) is 15.3. The van der Waals surface area contributed by atoms with E-state index in [1.165, 1.54) is 5.56 Å². The maximum Gasteiger partial charge on any atom is 0.225 e. The second-order valence-electron chi connectivity index (χ2n) is 8.19. The standard InChI is InChI=1S/C23H21ClN6O/c24-16-4-2-14(3-5-16)17-10-15(17)13-31-22-18-11-27-29-21(18)19-12-30(9-6-20(19)28-22)23-25-7-1-8-26-23/h1-5,7-8,11,15,17H,6,9-10,12-13H2,(H,27,29). The van der Waals surface area contributed by atoms with Gasteiger partial charge in [-0.05, 0) is 36.1 Å². The van der Waals surface area contributed by atoms with Crippen molar-refractivity contribution in [3.63, 3.8) is 0 Å². The van der Waals surface area contributed by atoms with Crippen molar-refractivity contribution in [3.05, 3.63) is 70.8 Å². The Bertz CT molecular complexity index is 1230. The van der Waals surface area contributed by atoms with Crippen LogP contribution in [0.3, 0.4) is 0 Å². The summed E-state index contributed by atoms with van der Waals surface area (Å²) in [6, 6.07) is 9.96. The fourth-order valence-corrected chi connectivity index (χ4v) is 4.56. The quantitative estimate of drug-likeness (QED) is 0.510. The SMILES string of the molecule is Clc1ccc(C2CC2COc2nc3c(c4[nH]ncc24)CN(c2ncccn2)CC3)cc1. The maximum atomic E-state index is 6.22. The molecule has 1 aliphatic carbocycles. The van der Waals surface area contributed by atoms with Gasteiger partial charge in [0.2, 0.25) is 11.8 Å². The first-order valence-corrected chi connectivity index (χ1v) is 10.9. The zero-order chi connectivity index (χ0) is 20.8. The molecule has 0 saturated heterocycles. The molecule has 4 heterocycles. The van der Waals surface area contributed by atoms with Crippen molar-refractivity contribution in [1.29, 1.82) is 0 Å². The number of halogens is 1. The molecule has 0 bridgehead atoms. The van der Waals surface area contributed by atoms with Crippen molar-refractivity contribution in [2.75, 3.05) is 18.1 Å². The Morgan fingerprint density at radius 3 is 2.84 bits per heavy atom. The Morgan fingerprint density at radius 1 is 1.16 bits per heavy atom. The highest BCUT2D eigenvalue weighted by atomic mass is 35.5. The molecule has 1 aromatic carbocycles. The zero-order valence-electron chi connectivity index (χ0n) is 16.8. The minimum Gasteiger partial charge on any atom is -0.477 e. The monoisotopic (exact) mass is 432 g/mol. The molecule has 7 nitrogen and oxygen atoms in total. The second-order valence-corrected chi connectivity index (χ2v) is 8.62. The van der Waals surface area contributed by atoms with Gasteiger partial charge in [-0.25, -0.2) is 15.0 Å². The molecule has 1 N–H and O–H groups in total. The summed E-state index contributed by atoms with van der Waals surface area (Å²) in [5.74, 6) is 2.46. The molecule has 6 rings (SSSR count). The van der Waals surface area contributed by atoms with Gasteiger partial charge in [-0.1, -0.05) is 23.7 Å². The molecule has 2 atom stereocenters. The van der Waals surface area contributed by atoms with Gasteiger partial charge in [0.15, 0.2) is 0 Å². The number of aromatic amines is 1. The third-order valence-electron chi connectivity index (χ3n) is 6.21. The molecule has 1 saturated carbocycles. The fraction of sp³-hybridized carbons (Fsp3) is 0.304. The van der Waals surface area contributed by atoms with E-state index >= 15 is 0 Å². The topological polar surface area (TPSA) is 79.8 Å². The predicted octanol–water partition coefficient (Wildman–Crippen LogP) is 4.15. The average Bonchev–Trinajstić information content (AvgIpc) is 3.41. The van der Waals surface area contributed by atoms with Gasteiger partial charge in [-0.15, -0.1) is 0 Å². The number of aromatic nitrogens is 5. The van der Waals surface area contributed by atoms with Gasteiger partial charge in [0, 0.05) is 48.4 Å². The van der Waals surface area contributed by atoms with Crippen LogP contribution in [0, 0.1) is 5.92 Å². The number of anilines is 1. The summed E-state index contributed by atoms with van der Waals surface area (Å²) in [7, 11) is 0. The Labute approximate surface area is 184 Å². The number of hydrogen-bond donors (Lipinski definition) is 1. The molecule has 0 spiro atoms. The van der Waals surface area contributed by atoms with Gasteiger partial charge in [0.25, 0.3) is 0 Å². The highest BCUT2D eigenvalue weighted by Gasteiger charge is 2.39. The van der Waals surface area contributed by atoms with Crippen LogP contribution >= 0.6 is 11.6 Å². The molecule has 0 radical (unpaired) electrons. The normalized spacial score (nSPS) is 20.0. The molecule has 3 aromatic heterocycles. The molecule has 2 unspecified atom stereocenters. The van der Waals surface area contributed by atoms with E-state index in [1.54, 1.807) is 18.6 Å². The average molecular weight is 433 g/mol. The number of rotatable bonds is 5. The van der Waals surface area contributed by atoms with Crippen LogP contribution in [-0.2, 0) is 13.0 Å². The summed E-state index contributed by atoms with van der Waals surface area (Å²) < 4.78 is 6.22. The first kappa shape index (κ1) is 18.6. The largest absolute Gasteiger partial charge is 0.477 e. The van der Waals surface area contributed by atoms with Gasteiger partial charge < -0.3 is 9.64 Å². The van der Waals surface area contributed by atoms with E-state index < -0.39 is 0 Å². The van der Waals surface area contributed by atoms with E-state index in [9.17, 15) is 0 Å². The Hall–Kier alpha value is -3.19. The van der Waals surface area contributed by atoms with Crippen molar-refractivity contribution >= 4 is 28.5 Å². The molecule has 8 heteroatoms. The summed E-state index contributed by atoms with van der Waals surface area (Å²) >= 11 is 6.01. The van der Waals surface area contributed by atoms with E-state index in [0.29, 0.717) is 30.9 Å². The Morgan fingerprint density at radius 2 is 2.00 bits per heavy atom. The second kappa shape index (κ2) is 7.50. The van der Waals surface area contributed by atoms with E-state index in [2.05, 4.69) is 37.2 Å².